The van der Waals surface area contributed by atoms with Gasteiger partial charge in [0.2, 0.25) is 0 Å². The molecule has 0 saturated heterocycles. The molecule has 0 bridgehead atoms. The second-order valence-electron chi connectivity index (χ2n) is 6.83. The van der Waals surface area contributed by atoms with Crippen molar-refractivity contribution in [1.82, 2.24) is 25.0 Å². The zero-order valence-electron chi connectivity index (χ0n) is 16.7. The summed E-state index contributed by atoms with van der Waals surface area (Å²) in [5, 5.41) is 15.1. The second-order valence-corrected chi connectivity index (χ2v) is 7.81. The molecule has 4 rings (SSSR count). The van der Waals surface area contributed by atoms with Gasteiger partial charge in [-0.3, -0.25) is 4.79 Å². The van der Waals surface area contributed by atoms with Gasteiger partial charge >= 0.3 is 0 Å². The smallest absolute Gasteiger partial charge is 0.259 e. The molecule has 9 nitrogen and oxygen atoms in total. The summed E-state index contributed by atoms with van der Waals surface area (Å²) in [7, 11) is 1.62. The average molecular weight is 424 g/mol. The number of anilines is 1. The van der Waals surface area contributed by atoms with Gasteiger partial charge in [-0.25, -0.2) is 15.0 Å². The number of fused-ring (bicyclic) bond motifs is 1. The van der Waals surface area contributed by atoms with Crippen molar-refractivity contribution >= 4 is 33.4 Å². The molecule has 1 atom stereocenters. The number of nitrogens with zero attached hydrogens (tertiary/aromatic N) is 5. The topological polar surface area (TPSA) is 131 Å². The minimum absolute atomic E-state index is 0.0976. The van der Waals surface area contributed by atoms with Crippen LogP contribution in [0, 0.1) is 6.92 Å². The third kappa shape index (κ3) is 3.51. The Morgan fingerprint density at radius 1 is 1.33 bits per heavy atom. The van der Waals surface area contributed by atoms with Crippen LogP contribution < -0.4 is 5.73 Å². The Bertz CT molecular complexity index is 1230. The maximum absolute atomic E-state index is 12.2. The van der Waals surface area contributed by atoms with Gasteiger partial charge in [-0.1, -0.05) is 28.6 Å². The van der Waals surface area contributed by atoms with E-state index in [1.807, 2.05) is 32.0 Å². The summed E-state index contributed by atoms with van der Waals surface area (Å²) in [4.78, 5) is 27.1. The van der Waals surface area contributed by atoms with Crippen molar-refractivity contribution in [3.8, 4) is 21.8 Å². The van der Waals surface area contributed by atoms with E-state index in [4.69, 9.17) is 10.3 Å². The number of carbonyl (C=O) groups excluding carboxylic acids is 1. The molecule has 10 heteroatoms. The fourth-order valence-corrected chi connectivity index (χ4v) is 3.94. The first-order chi connectivity index (χ1) is 14.4. The highest BCUT2D eigenvalue weighted by Crippen LogP contribution is 2.35. The number of aryl methyl sites for hydroxylation is 1. The van der Waals surface area contributed by atoms with Crippen molar-refractivity contribution in [3.05, 3.63) is 41.9 Å². The first-order valence-corrected chi connectivity index (χ1v) is 10.1. The number of aromatic nitrogens is 4. The number of benzene rings is 1. The first-order valence-electron chi connectivity index (χ1n) is 9.27. The van der Waals surface area contributed by atoms with E-state index in [-0.39, 0.29) is 5.76 Å². The normalized spacial score (nSPS) is 12.3. The van der Waals surface area contributed by atoms with Gasteiger partial charge in [-0.05, 0) is 25.5 Å². The monoisotopic (exact) mass is 424 g/mol. The number of amides is 1. The lowest BCUT2D eigenvalue weighted by Gasteiger charge is -2.16. The Labute approximate surface area is 176 Å². The molecule has 4 aromatic rings. The van der Waals surface area contributed by atoms with Crippen LogP contribution in [0.25, 0.3) is 32.2 Å². The molecule has 0 radical (unpaired) electrons. The molecule has 0 fully saturated rings. The quantitative estimate of drug-likeness (QED) is 0.500. The van der Waals surface area contributed by atoms with Crippen molar-refractivity contribution in [2.24, 2.45) is 0 Å². The van der Waals surface area contributed by atoms with Crippen molar-refractivity contribution in [2.75, 3.05) is 19.3 Å². The molecule has 154 valence electrons. The molecule has 1 amide bonds. The standard InChI is InChI=1S/C20H20N6O3S/c1-4-26(3)20(28)16(27)14-8-13(25-29-14)11-6-5-10(2)12(7-11)18-24-15-17(21)22-9-23-19(15)30-18/h5-9,16,27H,4H2,1-3H3,(H2,21,22,23). The maximum atomic E-state index is 12.2. The predicted octanol–water partition coefficient (Wildman–Crippen LogP) is 2.81. The van der Waals surface area contributed by atoms with Crippen LogP contribution in [0.5, 0.6) is 0 Å². The number of rotatable bonds is 5. The number of carbonyl (C=O) groups is 1. The van der Waals surface area contributed by atoms with Gasteiger partial charge in [0.25, 0.3) is 5.91 Å². The molecule has 1 aromatic carbocycles. The summed E-state index contributed by atoms with van der Waals surface area (Å²) in [5.74, 6) is -0.00779. The zero-order chi connectivity index (χ0) is 21.4. The van der Waals surface area contributed by atoms with Crippen molar-refractivity contribution in [3.63, 3.8) is 0 Å². The molecular weight excluding hydrogens is 404 g/mol. The highest BCUT2D eigenvalue weighted by molar-refractivity contribution is 7.21. The van der Waals surface area contributed by atoms with Crippen LogP contribution in [0.4, 0.5) is 5.82 Å². The SMILES string of the molecule is CCN(C)C(=O)C(O)c1cc(-c2ccc(C)c(-c3nc4c(N)ncnc4s3)c2)no1. The summed E-state index contributed by atoms with van der Waals surface area (Å²) >= 11 is 1.43. The van der Waals surface area contributed by atoms with E-state index in [0.717, 1.165) is 21.7 Å². The van der Waals surface area contributed by atoms with Crippen LogP contribution in [0.15, 0.2) is 35.1 Å². The van der Waals surface area contributed by atoms with Gasteiger partial charge in [0.05, 0.1) is 0 Å². The number of aliphatic hydroxyl groups is 1. The molecule has 0 saturated carbocycles. The summed E-state index contributed by atoms with van der Waals surface area (Å²) in [6, 6.07) is 7.36. The van der Waals surface area contributed by atoms with E-state index < -0.39 is 12.0 Å². The Balaban J connectivity index is 1.69. The molecule has 0 spiro atoms. The number of likely N-dealkylation sites (N-methyl/N-ethyl adjacent to an activating group) is 1. The van der Waals surface area contributed by atoms with E-state index in [9.17, 15) is 9.90 Å². The number of hydrogen-bond donors (Lipinski definition) is 2. The third-order valence-corrected chi connectivity index (χ3v) is 5.87. The van der Waals surface area contributed by atoms with Crippen LogP contribution in [0.2, 0.25) is 0 Å². The Morgan fingerprint density at radius 2 is 2.13 bits per heavy atom. The Morgan fingerprint density at radius 3 is 2.87 bits per heavy atom. The lowest BCUT2D eigenvalue weighted by molar-refractivity contribution is -0.139. The second kappa shape index (κ2) is 7.81. The fourth-order valence-electron chi connectivity index (χ4n) is 2.94. The van der Waals surface area contributed by atoms with E-state index >= 15 is 0 Å². The number of hydrogen-bond acceptors (Lipinski definition) is 9. The molecule has 3 aromatic heterocycles. The fraction of sp³-hybridized carbons (Fsp3) is 0.250. The van der Waals surface area contributed by atoms with Crippen LogP contribution in [0.1, 0.15) is 24.4 Å². The van der Waals surface area contributed by atoms with E-state index in [1.54, 1.807) is 13.1 Å². The largest absolute Gasteiger partial charge is 0.382 e. The molecule has 3 N–H and O–H groups in total. The van der Waals surface area contributed by atoms with Gasteiger partial charge in [0, 0.05) is 30.8 Å². The highest BCUT2D eigenvalue weighted by Gasteiger charge is 2.25. The summed E-state index contributed by atoms with van der Waals surface area (Å²) in [6.45, 7) is 4.29. The Hall–Kier alpha value is -3.37. The van der Waals surface area contributed by atoms with Crippen LogP contribution in [0.3, 0.4) is 0 Å². The molecule has 0 aliphatic heterocycles. The predicted molar refractivity (Wildman–Crippen MR) is 114 cm³/mol. The number of thiazole rings is 1. The lowest BCUT2D eigenvalue weighted by Crippen LogP contribution is -2.31. The molecule has 30 heavy (non-hydrogen) atoms. The number of nitrogens with two attached hydrogens (primary N) is 1. The molecule has 0 aliphatic rings. The number of nitrogen functional groups attached to an aromatic ring is 1. The van der Waals surface area contributed by atoms with E-state index in [2.05, 4.69) is 20.1 Å². The van der Waals surface area contributed by atoms with Crippen LogP contribution in [-0.4, -0.2) is 49.6 Å². The van der Waals surface area contributed by atoms with E-state index in [1.165, 1.54) is 22.6 Å². The van der Waals surface area contributed by atoms with Crippen molar-refractivity contribution < 1.29 is 14.4 Å². The minimum atomic E-state index is -1.40. The van der Waals surface area contributed by atoms with Gasteiger partial charge < -0.3 is 20.3 Å². The zero-order valence-corrected chi connectivity index (χ0v) is 17.5. The number of aliphatic hydroxyl groups excluding tert-OH is 1. The molecule has 3 heterocycles. The highest BCUT2D eigenvalue weighted by atomic mass is 32.1. The van der Waals surface area contributed by atoms with Gasteiger partial charge in [0.1, 0.15) is 27.4 Å². The van der Waals surface area contributed by atoms with Gasteiger partial charge in [-0.15, -0.1) is 0 Å². The van der Waals surface area contributed by atoms with Gasteiger partial charge in [-0.2, -0.15) is 0 Å². The summed E-state index contributed by atoms with van der Waals surface area (Å²) < 4.78 is 5.24. The summed E-state index contributed by atoms with van der Waals surface area (Å²) in [6.07, 6.45) is 0.0227. The van der Waals surface area contributed by atoms with Gasteiger partial charge in [0.15, 0.2) is 17.7 Å². The molecular formula is C20H20N6O3S. The minimum Gasteiger partial charge on any atom is -0.382 e. The maximum Gasteiger partial charge on any atom is 0.259 e. The first kappa shape index (κ1) is 19.9. The van der Waals surface area contributed by atoms with Crippen LogP contribution in [-0.2, 0) is 4.79 Å². The molecule has 0 aliphatic carbocycles. The third-order valence-electron chi connectivity index (χ3n) is 4.87. The van der Waals surface area contributed by atoms with Crippen molar-refractivity contribution in [1.29, 1.82) is 0 Å². The summed E-state index contributed by atoms with van der Waals surface area (Å²) in [5.41, 5.74) is 9.69. The van der Waals surface area contributed by atoms with Crippen molar-refractivity contribution in [2.45, 2.75) is 20.0 Å². The lowest BCUT2D eigenvalue weighted by atomic mass is 10.0. The molecule has 1 unspecified atom stereocenters. The Kier molecular flexibility index (Phi) is 5.18. The van der Waals surface area contributed by atoms with Crippen LogP contribution >= 0.6 is 11.3 Å². The average Bonchev–Trinajstić information content (AvgIpc) is 3.40. The van der Waals surface area contributed by atoms with E-state index in [0.29, 0.717) is 28.4 Å².